The number of likely N-dealkylation sites (tertiary alicyclic amines) is 1. The van der Waals surface area contributed by atoms with Gasteiger partial charge in [-0.3, -0.25) is 4.79 Å². The summed E-state index contributed by atoms with van der Waals surface area (Å²) in [6.07, 6.45) is 2.76. The number of para-hydroxylation sites is 2. The first kappa shape index (κ1) is 15.8. The molecule has 0 aliphatic carbocycles. The average molecular weight is 290 g/mol. The van der Waals surface area contributed by atoms with Crippen LogP contribution in [0.4, 0.5) is 11.4 Å². The van der Waals surface area contributed by atoms with Gasteiger partial charge >= 0.3 is 0 Å². The maximum absolute atomic E-state index is 11.9. The van der Waals surface area contributed by atoms with Crippen LogP contribution in [0.15, 0.2) is 24.3 Å². The molecule has 1 aliphatic heterocycles. The molecular formula is C16H26N4O. The lowest BCUT2D eigenvalue weighted by Crippen LogP contribution is -2.36. The van der Waals surface area contributed by atoms with Crippen LogP contribution < -0.4 is 16.0 Å². The number of piperidine rings is 1. The highest BCUT2D eigenvalue weighted by Crippen LogP contribution is 2.24. The molecular weight excluding hydrogens is 264 g/mol. The van der Waals surface area contributed by atoms with Gasteiger partial charge in [0.2, 0.25) is 5.91 Å². The Kier molecular flexibility index (Phi) is 6.02. The molecule has 1 aliphatic rings. The average Bonchev–Trinajstić information content (AvgIpc) is 2.49. The third kappa shape index (κ3) is 5.02. The lowest BCUT2D eigenvalue weighted by molar-refractivity contribution is -0.116. The number of carbonyl (C=O) groups excluding carboxylic acids is 1. The Balaban J connectivity index is 1.94. The highest BCUT2D eigenvalue weighted by molar-refractivity contribution is 5.94. The van der Waals surface area contributed by atoms with E-state index in [1.54, 1.807) is 0 Å². The monoisotopic (exact) mass is 290 g/mol. The quantitative estimate of drug-likeness (QED) is 0.747. The number of anilines is 2. The number of hydrogen-bond donors (Lipinski definition) is 3. The SMILES string of the molecule is CNCCC(=O)Nc1ccccc1NC1CCN(C)CC1. The molecule has 1 aromatic carbocycles. The summed E-state index contributed by atoms with van der Waals surface area (Å²) in [6, 6.07) is 8.42. The van der Waals surface area contributed by atoms with Crippen molar-refractivity contribution in [2.24, 2.45) is 0 Å². The number of nitrogens with one attached hydrogen (secondary N) is 3. The highest BCUT2D eigenvalue weighted by atomic mass is 16.1. The van der Waals surface area contributed by atoms with Gasteiger partial charge in [-0.25, -0.2) is 0 Å². The number of nitrogens with zero attached hydrogens (tertiary/aromatic N) is 1. The van der Waals surface area contributed by atoms with Crippen LogP contribution in [-0.4, -0.2) is 50.6 Å². The molecule has 1 fully saturated rings. The second-order valence-corrected chi connectivity index (χ2v) is 5.67. The number of carbonyl (C=O) groups is 1. The van der Waals surface area contributed by atoms with Crippen molar-refractivity contribution in [3.63, 3.8) is 0 Å². The van der Waals surface area contributed by atoms with Crippen LogP contribution in [0.2, 0.25) is 0 Å². The summed E-state index contributed by atoms with van der Waals surface area (Å²) in [5.74, 6) is 0.0435. The van der Waals surface area contributed by atoms with Gasteiger partial charge in [0.15, 0.2) is 0 Å². The zero-order valence-corrected chi connectivity index (χ0v) is 13.0. The normalized spacial score (nSPS) is 16.7. The van der Waals surface area contributed by atoms with Gasteiger partial charge in [-0.1, -0.05) is 12.1 Å². The Morgan fingerprint density at radius 1 is 1.24 bits per heavy atom. The van der Waals surface area contributed by atoms with Crippen molar-refractivity contribution >= 4 is 17.3 Å². The Morgan fingerprint density at radius 2 is 1.90 bits per heavy atom. The molecule has 0 unspecified atom stereocenters. The highest BCUT2D eigenvalue weighted by Gasteiger charge is 2.17. The standard InChI is InChI=1S/C16H26N4O/c1-17-10-7-16(21)19-15-6-4-3-5-14(15)18-13-8-11-20(2)12-9-13/h3-6,13,17-18H,7-12H2,1-2H3,(H,19,21). The molecule has 5 heteroatoms. The van der Waals surface area contributed by atoms with Crippen molar-refractivity contribution in [3.05, 3.63) is 24.3 Å². The van der Waals surface area contributed by atoms with Gasteiger partial charge in [0.1, 0.15) is 0 Å². The van der Waals surface area contributed by atoms with Gasteiger partial charge in [0, 0.05) is 19.0 Å². The van der Waals surface area contributed by atoms with Crippen LogP contribution in [0.1, 0.15) is 19.3 Å². The first-order chi connectivity index (χ1) is 10.2. The molecule has 21 heavy (non-hydrogen) atoms. The first-order valence-electron chi connectivity index (χ1n) is 7.67. The molecule has 3 N–H and O–H groups in total. The van der Waals surface area contributed by atoms with E-state index in [1.807, 2.05) is 31.3 Å². The Labute approximate surface area is 127 Å². The van der Waals surface area contributed by atoms with Crippen molar-refractivity contribution < 1.29 is 4.79 Å². The summed E-state index contributed by atoms with van der Waals surface area (Å²) < 4.78 is 0. The molecule has 0 aromatic heterocycles. The van der Waals surface area contributed by atoms with Crippen molar-refractivity contribution in [1.82, 2.24) is 10.2 Å². The summed E-state index contributed by atoms with van der Waals surface area (Å²) in [7, 11) is 4.01. The maximum atomic E-state index is 11.9. The van der Waals surface area contributed by atoms with Gasteiger partial charge in [-0.05, 0) is 52.2 Å². The van der Waals surface area contributed by atoms with E-state index < -0.39 is 0 Å². The molecule has 0 radical (unpaired) electrons. The molecule has 2 rings (SSSR count). The molecule has 5 nitrogen and oxygen atoms in total. The van der Waals surface area contributed by atoms with E-state index in [0.717, 1.165) is 37.3 Å². The van der Waals surface area contributed by atoms with Crippen molar-refractivity contribution in [1.29, 1.82) is 0 Å². The van der Waals surface area contributed by atoms with Crippen LogP contribution in [0.3, 0.4) is 0 Å². The van der Waals surface area contributed by atoms with Crippen LogP contribution in [0, 0.1) is 0 Å². The summed E-state index contributed by atoms with van der Waals surface area (Å²) in [5, 5.41) is 9.55. The molecule has 1 saturated heterocycles. The topological polar surface area (TPSA) is 56.4 Å². The second kappa shape index (κ2) is 8.00. The zero-order valence-electron chi connectivity index (χ0n) is 13.0. The fourth-order valence-corrected chi connectivity index (χ4v) is 2.54. The summed E-state index contributed by atoms with van der Waals surface area (Å²) in [4.78, 5) is 14.2. The molecule has 0 saturated carbocycles. The Morgan fingerprint density at radius 3 is 2.57 bits per heavy atom. The third-order valence-corrected chi connectivity index (χ3v) is 3.88. The van der Waals surface area contributed by atoms with Gasteiger partial charge < -0.3 is 20.9 Å². The van der Waals surface area contributed by atoms with Crippen molar-refractivity contribution in [2.45, 2.75) is 25.3 Å². The summed E-state index contributed by atoms with van der Waals surface area (Å²) in [6.45, 7) is 2.93. The van der Waals surface area contributed by atoms with E-state index >= 15 is 0 Å². The van der Waals surface area contributed by atoms with Crippen LogP contribution in [0.5, 0.6) is 0 Å². The van der Waals surface area contributed by atoms with Gasteiger partial charge in [0.05, 0.1) is 11.4 Å². The largest absolute Gasteiger partial charge is 0.381 e. The predicted molar refractivity (Wildman–Crippen MR) is 87.8 cm³/mol. The lowest BCUT2D eigenvalue weighted by Gasteiger charge is -2.30. The van der Waals surface area contributed by atoms with E-state index in [4.69, 9.17) is 0 Å². The van der Waals surface area contributed by atoms with Crippen molar-refractivity contribution in [2.75, 3.05) is 44.4 Å². The number of benzene rings is 1. The number of amides is 1. The van der Waals surface area contributed by atoms with Crippen molar-refractivity contribution in [3.8, 4) is 0 Å². The van der Waals surface area contributed by atoms with E-state index in [-0.39, 0.29) is 5.91 Å². The minimum Gasteiger partial charge on any atom is -0.381 e. The minimum absolute atomic E-state index is 0.0435. The van der Waals surface area contributed by atoms with Gasteiger partial charge in [-0.2, -0.15) is 0 Å². The summed E-state index contributed by atoms with van der Waals surface area (Å²) >= 11 is 0. The van der Waals surface area contributed by atoms with Crippen LogP contribution in [0.25, 0.3) is 0 Å². The Bertz CT molecular complexity index is 455. The molecule has 1 amide bonds. The predicted octanol–water partition coefficient (Wildman–Crippen LogP) is 1.74. The second-order valence-electron chi connectivity index (χ2n) is 5.67. The van der Waals surface area contributed by atoms with Gasteiger partial charge in [-0.15, -0.1) is 0 Å². The number of rotatable bonds is 6. The smallest absolute Gasteiger partial charge is 0.225 e. The molecule has 1 heterocycles. The molecule has 116 valence electrons. The first-order valence-corrected chi connectivity index (χ1v) is 7.67. The minimum atomic E-state index is 0.0435. The molecule has 0 spiro atoms. The van der Waals surface area contributed by atoms with E-state index in [0.29, 0.717) is 19.0 Å². The molecule has 1 aromatic rings. The van der Waals surface area contributed by atoms with E-state index in [9.17, 15) is 4.79 Å². The molecule has 0 atom stereocenters. The fourth-order valence-electron chi connectivity index (χ4n) is 2.54. The van der Waals surface area contributed by atoms with Gasteiger partial charge in [0.25, 0.3) is 0 Å². The zero-order chi connectivity index (χ0) is 15.1. The van der Waals surface area contributed by atoms with Crippen LogP contribution >= 0.6 is 0 Å². The molecule has 0 bridgehead atoms. The van der Waals surface area contributed by atoms with E-state index in [1.165, 1.54) is 0 Å². The van der Waals surface area contributed by atoms with Crippen LogP contribution in [-0.2, 0) is 4.79 Å². The number of hydrogen-bond acceptors (Lipinski definition) is 4. The van der Waals surface area contributed by atoms with E-state index in [2.05, 4.69) is 27.9 Å². The fraction of sp³-hybridized carbons (Fsp3) is 0.562. The summed E-state index contributed by atoms with van der Waals surface area (Å²) in [5.41, 5.74) is 1.89. The third-order valence-electron chi connectivity index (χ3n) is 3.88. The Hall–Kier alpha value is -1.59. The maximum Gasteiger partial charge on any atom is 0.225 e. The lowest BCUT2D eigenvalue weighted by atomic mass is 10.0.